The van der Waals surface area contributed by atoms with Crippen molar-refractivity contribution in [3.63, 3.8) is 0 Å². The van der Waals surface area contributed by atoms with Crippen LogP contribution in [0.3, 0.4) is 0 Å². The van der Waals surface area contributed by atoms with Crippen molar-refractivity contribution in [1.82, 2.24) is 0 Å². The molecule has 1 aliphatic rings. The molecule has 1 fully saturated rings. The zero-order chi connectivity index (χ0) is 21.4. The van der Waals surface area contributed by atoms with Crippen molar-refractivity contribution in [3.8, 4) is 22.8 Å². The molecule has 9 heteroatoms. The van der Waals surface area contributed by atoms with Crippen molar-refractivity contribution in [1.29, 1.82) is 0 Å². The molecule has 1 aliphatic heterocycles. The predicted octanol–water partition coefficient (Wildman–Crippen LogP) is 0.344. The third-order valence-electron chi connectivity index (χ3n) is 4.98. The molecule has 0 radical (unpaired) electrons. The molecule has 3 aromatic rings. The number of rotatable bonds is 4. The van der Waals surface area contributed by atoms with Gasteiger partial charge in [0.1, 0.15) is 41.1 Å². The summed E-state index contributed by atoms with van der Waals surface area (Å²) in [6.45, 7) is -0.621. The van der Waals surface area contributed by atoms with Gasteiger partial charge in [0.05, 0.1) is 6.61 Å². The van der Waals surface area contributed by atoms with Crippen molar-refractivity contribution < 1.29 is 39.4 Å². The molecule has 5 N–H and O–H groups in total. The summed E-state index contributed by atoms with van der Waals surface area (Å²) in [7, 11) is 0. The SMILES string of the molecule is O=c1c(O)c(-c2ccccc2)oc2cccc(O[C@@H]3O[C@H](CO)[C@@H](O)[C@H](O)[C@H]3O)c12. The van der Waals surface area contributed by atoms with Gasteiger partial charge in [0.15, 0.2) is 5.76 Å². The molecular weight excluding hydrogens is 396 g/mol. The second kappa shape index (κ2) is 8.05. The first kappa shape index (κ1) is 20.3. The van der Waals surface area contributed by atoms with E-state index in [1.54, 1.807) is 30.3 Å². The van der Waals surface area contributed by atoms with Gasteiger partial charge < -0.3 is 39.4 Å². The molecule has 5 atom stereocenters. The minimum Gasteiger partial charge on any atom is -0.502 e. The summed E-state index contributed by atoms with van der Waals surface area (Å²) in [6.07, 6.45) is -7.48. The fraction of sp³-hybridized carbons (Fsp3) is 0.286. The molecule has 0 aliphatic carbocycles. The summed E-state index contributed by atoms with van der Waals surface area (Å²) in [6, 6.07) is 13.1. The van der Waals surface area contributed by atoms with Gasteiger partial charge in [0, 0.05) is 5.56 Å². The number of aliphatic hydroxyl groups is 4. The van der Waals surface area contributed by atoms with Crippen LogP contribution in [0.1, 0.15) is 0 Å². The number of ether oxygens (including phenoxy) is 2. The first-order valence-electron chi connectivity index (χ1n) is 9.23. The van der Waals surface area contributed by atoms with Crippen molar-refractivity contribution >= 4 is 11.0 Å². The van der Waals surface area contributed by atoms with Crippen LogP contribution < -0.4 is 10.2 Å². The molecule has 0 spiro atoms. The van der Waals surface area contributed by atoms with E-state index in [4.69, 9.17) is 13.9 Å². The number of hydrogen-bond acceptors (Lipinski definition) is 9. The summed E-state index contributed by atoms with van der Waals surface area (Å²) in [5.41, 5.74) is -0.122. The molecule has 1 aromatic heterocycles. The Balaban J connectivity index is 1.76. The van der Waals surface area contributed by atoms with Gasteiger partial charge >= 0.3 is 0 Å². The lowest BCUT2D eigenvalue weighted by Gasteiger charge is -2.39. The Labute approximate surface area is 170 Å². The van der Waals surface area contributed by atoms with Crippen LogP contribution in [-0.4, -0.2) is 62.8 Å². The molecular formula is C21H20O9. The molecule has 2 heterocycles. The quantitative estimate of drug-likeness (QED) is 0.406. The minimum atomic E-state index is -1.65. The Morgan fingerprint density at radius 3 is 2.37 bits per heavy atom. The number of aromatic hydroxyl groups is 1. The van der Waals surface area contributed by atoms with Crippen LogP contribution in [0.2, 0.25) is 0 Å². The maximum absolute atomic E-state index is 12.9. The van der Waals surface area contributed by atoms with Crippen LogP contribution in [0.5, 0.6) is 11.5 Å². The highest BCUT2D eigenvalue weighted by Gasteiger charge is 2.45. The highest BCUT2D eigenvalue weighted by atomic mass is 16.7. The molecule has 9 nitrogen and oxygen atoms in total. The standard InChI is InChI=1S/C21H20O9/c22-9-13-15(23)17(25)19(27)21(30-13)29-12-8-4-7-11-14(12)16(24)18(26)20(28-11)10-5-2-1-3-6-10/h1-8,13,15,17,19,21-23,25-27H,9H2/t13-,15-,17+,19-,21-/m1/s1. The van der Waals surface area contributed by atoms with E-state index in [-0.39, 0.29) is 22.5 Å². The van der Waals surface area contributed by atoms with Crippen molar-refractivity contribution in [3.05, 3.63) is 58.8 Å². The van der Waals surface area contributed by atoms with Crippen molar-refractivity contribution in [2.24, 2.45) is 0 Å². The van der Waals surface area contributed by atoms with E-state index >= 15 is 0 Å². The van der Waals surface area contributed by atoms with Gasteiger partial charge in [-0.05, 0) is 12.1 Å². The molecule has 0 bridgehead atoms. The third-order valence-corrected chi connectivity index (χ3v) is 4.98. The first-order valence-corrected chi connectivity index (χ1v) is 9.23. The van der Waals surface area contributed by atoms with Gasteiger partial charge in [0.2, 0.25) is 17.5 Å². The predicted molar refractivity (Wildman–Crippen MR) is 104 cm³/mol. The second-order valence-electron chi connectivity index (χ2n) is 6.92. The van der Waals surface area contributed by atoms with Crippen LogP contribution >= 0.6 is 0 Å². The van der Waals surface area contributed by atoms with Crippen molar-refractivity contribution in [2.45, 2.75) is 30.7 Å². The highest BCUT2D eigenvalue weighted by molar-refractivity contribution is 5.87. The van der Waals surface area contributed by atoms with Crippen LogP contribution in [0.4, 0.5) is 0 Å². The summed E-state index contributed by atoms with van der Waals surface area (Å²) >= 11 is 0. The summed E-state index contributed by atoms with van der Waals surface area (Å²) < 4.78 is 16.6. The van der Waals surface area contributed by atoms with E-state index < -0.39 is 48.5 Å². The monoisotopic (exact) mass is 416 g/mol. The largest absolute Gasteiger partial charge is 0.502 e. The normalized spacial score (nSPS) is 26.6. The first-order chi connectivity index (χ1) is 14.4. The smallest absolute Gasteiger partial charge is 0.238 e. The molecule has 1 saturated heterocycles. The zero-order valence-corrected chi connectivity index (χ0v) is 15.6. The van der Waals surface area contributed by atoms with Gasteiger partial charge in [-0.1, -0.05) is 36.4 Å². The summed E-state index contributed by atoms with van der Waals surface area (Å²) in [4.78, 5) is 12.9. The molecule has 0 amide bonds. The lowest BCUT2D eigenvalue weighted by atomic mass is 9.99. The molecule has 0 unspecified atom stereocenters. The third kappa shape index (κ3) is 3.42. The number of aliphatic hydroxyl groups excluding tert-OH is 4. The maximum Gasteiger partial charge on any atom is 0.238 e. The van der Waals surface area contributed by atoms with E-state index in [9.17, 15) is 30.3 Å². The second-order valence-corrected chi connectivity index (χ2v) is 6.92. The number of fused-ring (bicyclic) bond motifs is 1. The molecule has 0 saturated carbocycles. The Bertz CT molecular complexity index is 1090. The Kier molecular flexibility index (Phi) is 5.46. The van der Waals surface area contributed by atoms with Gasteiger partial charge in [0.25, 0.3) is 0 Å². The van der Waals surface area contributed by atoms with E-state index in [1.165, 1.54) is 18.2 Å². The molecule has 30 heavy (non-hydrogen) atoms. The molecule has 2 aromatic carbocycles. The molecule has 4 rings (SSSR count). The van der Waals surface area contributed by atoms with E-state index in [1.807, 2.05) is 0 Å². The lowest BCUT2D eigenvalue weighted by molar-refractivity contribution is -0.277. The number of benzene rings is 2. The molecule has 158 valence electrons. The Morgan fingerprint density at radius 2 is 1.67 bits per heavy atom. The fourth-order valence-electron chi connectivity index (χ4n) is 3.37. The average Bonchev–Trinajstić information content (AvgIpc) is 2.77. The van der Waals surface area contributed by atoms with Crippen LogP contribution in [-0.2, 0) is 4.74 Å². The van der Waals surface area contributed by atoms with E-state index in [0.717, 1.165) is 0 Å². The van der Waals surface area contributed by atoms with Gasteiger partial charge in [-0.25, -0.2) is 0 Å². The number of hydrogen-bond donors (Lipinski definition) is 5. The van der Waals surface area contributed by atoms with Gasteiger partial charge in [-0.3, -0.25) is 4.79 Å². The van der Waals surface area contributed by atoms with E-state index in [2.05, 4.69) is 0 Å². The lowest BCUT2D eigenvalue weighted by Crippen LogP contribution is -2.60. The van der Waals surface area contributed by atoms with Crippen molar-refractivity contribution in [2.75, 3.05) is 6.61 Å². The Hall–Kier alpha value is -2.95. The van der Waals surface area contributed by atoms with Gasteiger partial charge in [-0.15, -0.1) is 0 Å². The fourth-order valence-corrected chi connectivity index (χ4v) is 3.37. The minimum absolute atomic E-state index is 0.00177. The summed E-state index contributed by atoms with van der Waals surface area (Å²) in [5, 5.41) is 49.6. The zero-order valence-electron chi connectivity index (χ0n) is 15.6. The van der Waals surface area contributed by atoms with Crippen LogP contribution in [0, 0.1) is 0 Å². The Morgan fingerprint density at radius 1 is 0.933 bits per heavy atom. The van der Waals surface area contributed by atoms with Crippen LogP contribution in [0.15, 0.2) is 57.7 Å². The van der Waals surface area contributed by atoms with E-state index in [0.29, 0.717) is 5.56 Å². The highest BCUT2D eigenvalue weighted by Crippen LogP contribution is 2.34. The van der Waals surface area contributed by atoms with Crippen LogP contribution in [0.25, 0.3) is 22.3 Å². The summed E-state index contributed by atoms with van der Waals surface area (Å²) in [5.74, 6) is -0.683. The average molecular weight is 416 g/mol. The van der Waals surface area contributed by atoms with Gasteiger partial charge in [-0.2, -0.15) is 0 Å². The maximum atomic E-state index is 12.9. The topological polar surface area (TPSA) is 150 Å².